The Morgan fingerprint density at radius 1 is 1.11 bits per heavy atom. The van der Waals surface area contributed by atoms with Crippen LogP contribution in [0.4, 0.5) is 5.69 Å². The molecule has 0 saturated heterocycles. The van der Waals surface area contributed by atoms with Gasteiger partial charge in [-0.3, -0.25) is 13.9 Å². The Hall–Kier alpha value is -2.58. The predicted octanol–water partition coefficient (Wildman–Crippen LogP) is 3.93. The van der Waals surface area contributed by atoms with Crippen LogP contribution in [0.25, 0.3) is 0 Å². The Morgan fingerprint density at radius 2 is 1.77 bits per heavy atom. The Bertz CT molecular complexity index is 1130. The van der Waals surface area contributed by atoms with Gasteiger partial charge in [0.1, 0.15) is 12.6 Å². The molecule has 1 N–H and O–H groups in total. The molecule has 0 heterocycles. The van der Waals surface area contributed by atoms with Crippen LogP contribution >= 0.6 is 11.6 Å². The van der Waals surface area contributed by atoms with Gasteiger partial charge in [-0.05, 0) is 56.4 Å². The highest BCUT2D eigenvalue weighted by molar-refractivity contribution is 7.92. The number of rotatable bonds is 10. The minimum Gasteiger partial charge on any atom is -0.352 e. The van der Waals surface area contributed by atoms with Crippen molar-refractivity contribution < 1.29 is 18.0 Å². The van der Waals surface area contributed by atoms with Gasteiger partial charge in [0.2, 0.25) is 21.8 Å². The summed E-state index contributed by atoms with van der Waals surface area (Å²) < 4.78 is 26.3. The van der Waals surface area contributed by atoms with Gasteiger partial charge in [-0.2, -0.15) is 0 Å². The molecule has 0 spiro atoms. The summed E-state index contributed by atoms with van der Waals surface area (Å²) in [5.41, 5.74) is 2.14. The Balaban J connectivity index is 1.83. The van der Waals surface area contributed by atoms with Gasteiger partial charge in [0.05, 0.1) is 11.9 Å². The third-order valence-electron chi connectivity index (χ3n) is 6.48. The van der Waals surface area contributed by atoms with Crippen molar-refractivity contribution in [2.75, 3.05) is 23.7 Å². The van der Waals surface area contributed by atoms with Crippen LogP contribution in [0.1, 0.15) is 43.7 Å². The smallest absolute Gasteiger partial charge is 0.244 e. The number of amides is 2. The first-order valence-electron chi connectivity index (χ1n) is 11.9. The topological polar surface area (TPSA) is 86.8 Å². The van der Waals surface area contributed by atoms with Crippen LogP contribution in [-0.2, 0) is 26.0 Å². The van der Waals surface area contributed by atoms with Crippen molar-refractivity contribution in [3.8, 4) is 0 Å². The second-order valence-corrected chi connectivity index (χ2v) is 11.5. The molecule has 0 bridgehead atoms. The molecule has 0 radical (unpaired) electrons. The van der Waals surface area contributed by atoms with E-state index >= 15 is 0 Å². The number of carbonyl (C=O) groups excluding carboxylic acids is 2. The zero-order valence-corrected chi connectivity index (χ0v) is 22.1. The van der Waals surface area contributed by atoms with E-state index in [1.807, 2.05) is 37.3 Å². The van der Waals surface area contributed by atoms with E-state index < -0.39 is 28.5 Å². The number of halogens is 1. The maximum Gasteiger partial charge on any atom is 0.244 e. The molecule has 2 aromatic rings. The maximum absolute atomic E-state index is 13.5. The Labute approximate surface area is 213 Å². The fourth-order valence-corrected chi connectivity index (χ4v) is 5.33. The SMILES string of the molecule is Cc1ccc(N(CC(=O)N(CCc2ccccc2)[C@@H](C)C(=O)NC2CCCC2)S(C)(=O)=O)cc1Cl. The van der Waals surface area contributed by atoms with Crippen molar-refractivity contribution in [3.05, 3.63) is 64.7 Å². The first-order chi connectivity index (χ1) is 16.6. The summed E-state index contributed by atoms with van der Waals surface area (Å²) in [7, 11) is -3.78. The molecule has 2 amide bonds. The quantitative estimate of drug-likeness (QED) is 0.515. The first kappa shape index (κ1) is 27.0. The van der Waals surface area contributed by atoms with E-state index in [1.54, 1.807) is 19.1 Å². The fraction of sp³-hybridized carbons (Fsp3) is 0.462. The number of sulfonamides is 1. The Morgan fingerprint density at radius 3 is 2.37 bits per heavy atom. The molecule has 35 heavy (non-hydrogen) atoms. The lowest BCUT2D eigenvalue weighted by atomic mass is 10.1. The highest BCUT2D eigenvalue weighted by Gasteiger charge is 2.31. The molecule has 9 heteroatoms. The molecule has 7 nitrogen and oxygen atoms in total. The number of aryl methyl sites for hydroxylation is 1. The van der Waals surface area contributed by atoms with Crippen LogP contribution in [0.3, 0.4) is 0 Å². The van der Waals surface area contributed by atoms with Crippen molar-refractivity contribution in [1.82, 2.24) is 10.2 Å². The van der Waals surface area contributed by atoms with Crippen LogP contribution in [0.2, 0.25) is 5.02 Å². The van der Waals surface area contributed by atoms with Gasteiger partial charge >= 0.3 is 0 Å². The molecule has 190 valence electrons. The summed E-state index contributed by atoms with van der Waals surface area (Å²) >= 11 is 6.23. The maximum atomic E-state index is 13.5. The molecule has 0 aromatic heterocycles. The number of nitrogens with zero attached hydrogens (tertiary/aromatic N) is 2. The normalized spacial score (nSPS) is 15.0. The molecular weight excluding hydrogens is 486 g/mol. The summed E-state index contributed by atoms with van der Waals surface area (Å²) in [6.45, 7) is 3.38. The van der Waals surface area contributed by atoms with Gasteiger partial charge in [0.25, 0.3) is 0 Å². The molecule has 0 aliphatic heterocycles. The van der Waals surface area contributed by atoms with Gasteiger partial charge < -0.3 is 10.2 Å². The second kappa shape index (κ2) is 11.9. The van der Waals surface area contributed by atoms with Gasteiger partial charge in [-0.15, -0.1) is 0 Å². The zero-order chi connectivity index (χ0) is 25.6. The van der Waals surface area contributed by atoms with Crippen molar-refractivity contribution in [1.29, 1.82) is 0 Å². The third kappa shape index (κ3) is 7.45. The van der Waals surface area contributed by atoms with Gasteiger partial charge in [0, 0.05) is 17.6 Å². The number of hydrogen-bond acceptors (Lipinski definition) is 4. The lowest BCUT2D eigenvalue weighted by Crippen LogP contribution is -2.53. The second-order valence-electron chi connectivity index (χ2n) is 9.19. The van der Waals surface area contributed by atoms with Gasteiger partial charge in [-0.1, -0.05) is 60.8 Å². The van der Waals surface area contributed by atoms with Gasteiger partial charge in [-0.25, -0.2) is 8.42 Å². The van der Waals surface area contributed by atoms with Crippen LogP contribution < -0.4 is 9.62 Å². The lowest BCUT2D eigenvalue weighted by Gasteiger charge is -2.32. The first-order valence-corrected chi connectivity index (χ1v) is 14.2. The standard InChI is InChI=1S/C26H34ClN3O4S/c1-19-13-14-23(17-24(19)27)30(35(3,33)34)18-25(31)29(16-15-21-9-5-4-6-10-21)20(2)26(32)28-22-11-7-8-12-22/h4-6,9-10,13-14,17,20,22H,7-8,11-12,15-16,18H2,1-3H3,(H,28,32)/t20-/m0/s1. The van der Waals surface area contributed by atoms with E-state index in [0.717, 1.165) is 47.4 Å². The van der Waals surface area contributed by atoms with Gasteiger partial charge in [0.15, 0.2) is 0 Å². The van der Waals surface area contributed by atoms with Crippen LogP contribution in [0.5, 0.6) is 0 Å². The number of hydrogen-bond donors (Lipinski definition) is 1. The monoisotopic (exact) mass is 519 g/mol. The third-order valence-corrected chi connectivity index (χ3v) is 8.02. The molecule has 0 unspecified atom stereocenters. The molecule has 1 aliphatic rings. The largest absolute Gasteiger partial charge is 0.352 e. The summed E-state index contributed by atoms with van der Waals surface area (Å²) in [6.07, 6.45) is 5.64. The van der Waals surface area contributed by atoms with E-state index in [9.17, 15) is 18.0 Å². The average Bonchev–Trinajstić information content (AvgIpc) is 3.32. The summed E-state index contributed by atoms with van der Waals surface area (Å²) in [6, 6.07) is 13.9. The molecule has 1 fully saturated rings. The van der Waals surface area contributed by atoms with E-state index in [0.29, 0.717) is 17.1 Å². The molecule has 1 atom stereocenters. The van der Waals surface area contributed by atoms with Crippen molar-refractivity contribution in [2.24, 2.45) is 0 Å². The molecule has 3 rings (SSSR count). The van der Waals surface area contributed by atoms with Crippen LogP contribution in [-0.4, -0.2) is 56.6 Å². The minimum atomic E-state index is -3.78. The van der Waals surface area contributed by atoms with E-state index in [1.165, 1.54) is 11.0 Å². The highest BCUT2D eigenvalue weighted by Crippen LogP contribution is 2.25. The van der Waals surface area contributed by atoms with Crippen molar-refractivity contribution in [2.45, 2.75) is 58.0 Å². The van der Waals surface area contributed by atoms with Crippen LogP contribution in [0.15, 0.2) is 48.5 Å². The zero-order valence-electron chi connectivity index (χ0n) is 20.5. The summed E-state index contributed by atoms with van der Waals surface area (Å²) in [4.78, 5) is 28.1. The average molecular weight is 520 g/mol. The van der Waals surface area contributed by atoms with E-state index in [2.05, 4.69) is 5.32 Å². The number of benzene rings is 2. The number of anilines is 1. The highest BCUT2D eigenvalue weighted by atomic mass is 35.5. The predicted molar refractivity (Wildman–Crippen MR) is 140 cm³/mol. The summed E-state index contributed by atoms with van der Waals surface area (Å²) in [5, 5.41) is 3.47. The van der Waals surface area contributed by atoms with Crippen LogP contribution in [0, 0.1) is 6.92 Å². The molecule has 1 saturated carbocycles. The Kier molecular flexibility index (Phi) is 9.19. The fourth-order valence-electron chi connectivity index (χ4n) is 4.31. The van der Waals surface area contributed by atoms with Crippen molar-refractivity contribution >= 4 is 39.1 Å². The summed E-state index contributed by atoms with van der Waals surface area (Å²) in [5.74, 6) is -0.667. The number of carbonyl (C=O) groups is 2. The number of nitrogens with one attached hydrogen (secondary N) is 1. The lowest BCUT2D eigenvalue weighted by molar-refractivity contribution is -0.139. The molecule has 2 aromatic carbocycles. The van der Waals surface area contributed by atoms with E-state index in [4.69, 9.17) is 11.6 Å². The molecule has 1 aliphatic carbocycles. The van der Waals surface area contributed by atoms with Crippen molar-refractivity contribution in [3.63, 3.8) is 0 Å². The minimum absolute atomic E-state index is 0.123. The van der Waals surface area contributed by atoms with E-state index in [-0.39, 0.29) is 18.5 Å². The molecular formula is C26H34ClN3O4S.